The van der Waals surface area contributed by atoms with Gasteiger partial charge in [0.2, 0.25) is 0 Å². The van der Waals surface area contributed by atoms with Crippen molar-refractivity contribution in [1.29, 1.82) is 0 Å². The topological polar surface area (TPSA) is 43.1 Å². The number of hydrogen-bond acceptors (Lipinski definition) is 3. The summed E-state index contributed by atoms with van der Waals surface area (Å²) in [7, 11) is 0. The lowest BCUT2D eigenvalue weighted by atomic mass is 10.0. The van der Waals surface area contributed by atoms with Crippen molar-refractivity contribution in [3.63, 3.8) is 0 Å². The summed E-state index contributed by atoms with van der Waals surface area (Å²) >= 11 is 4.58. The van der Waals surface area contributed by atoms with E-state index in [-0.39, 0.29) is 4.48 Å². The van der Waals surface area contributed by atoms with Gasteiger partial charge in [0.05, 0.1) is 14.3 Å². The van der Waals surface area contributed by atoms with Gasteiger partial charge in [-0.3, -0.25) is 10.1 Å². The van der Waals surface area contributed by atoms with Crippen LogP contribution in [-0.2, 0) is 0 Å². The number of alkyl halides is 8. The van der Waals surface area contributed by atoms with Crippen LogP contribution in [0.15, 0.2) is 21.2 Å². The molecule has 0 aliphatic heterocycles. The monoisotopic (exact) mass is 495 g/mol. The number of nitrogens with zero attached hydrogens (tertiary/aromatic N) is 1. The fourth-order valence-electron chi connectivity index (χ4n) is 1.47. The Morgan fingerprint density at radius 1 is 1.22 bits per heavy atom. The van der Waals surface area contributed by atoms with E-state index in [9.17, 15) is 40.8 Å². The van der Waals surface area contributed by atoms with Crippen molar-refractivity contribution in [2.75, 3.05) is 0 Å². The Bertz CT molecular complexity index is 576. The summed E-state index contributed by atoms with van der Waals surface area (Å²) in [6.45, 7) is 1.47. The number of thioether (sulfide) groups is 1. The molecule has 0 N–H and O–H groups in total. The lowest BCUT2D eigenvalue weighted by molar-refractivity contribution is -0.420. The number of nitro groups is 1. The zero-order chi connectivity index (χ0) is 18.4. The third-order valence-electron chi connectivity index (χ3n) is 2.79. The van der Waals surface area contributed by atoms with Gasteiger partial charge in [0.15, 0.2) is 0 Å². The second kappa shape index (κ2) is 6.54. The second-order valence-electron chi connectivity index (χ2n) is 4.41. The Balaban J connectivity index is 3.30. The van der Waals surface area contributed by atoms with Crippen LogP contribution in [0.25, 0.3) is 0 Å². The van der Waals surface area contributed by atoms with Crippen molar-refractivity contribution in [2.24, 2.45) is 5.92 Å². The summed E-state index contributed by atoms with van der Waals surface area (Å²) in [5, 5.41) is 5.33. The van der Waals surface area contributed by atoms with Crippen LogP contribution in [0.2, 0.25) is 0 Å². The maximum atomic E-state index is 13.4. The lowest BCUT2D eigenvalue weighted by Gasteiger charge is -2.29. The van der Waals surface area contributed by atoms with Crippen LogP contribution in [0.4, 0.5) is 30.7 Å². The average molecular weight is 497 g/mol. The highest BCUT2D eigenvalue weighted by Gasteiger charge is 2.74. The van der Waals surface area contributed by atoms with Gasteiger partial charge in [-0.05, 0) is 33.8 Å². The first-order chi connectivity index (χ1) is 10.1. The van der Waals surface area contributed by atoms with Crippen molar-refractivity contribution in [2.45, 2.75) is 29.1 Å². The zero-order valence-corrected chi connectivity index (χ0v) is 14.8. The highest BCUT2D eigenvalue weighted by Crippen LogP contribution is 2.56. The number of halogens is 9. The quantitative estimate of drug-likeness (QED) is 0.217. The second-order valence-corrected chi connectivity index (χ2v) is 7.48. The normalized spacial score (nSPS) is 23.8. The molecule has 1 aliphatic carbocycles. The Morgan fingerprint density at radius 3 is 2.09 bits per heavy atom. The van der Waals surface area contributed by atoms with Gasteiger partial charge >= 0.3 is 17.4 Å². The van der Waals surface area contributed by atoms with Crippen LogP contribution in [0, 0.1) is 16.0 Å². The molecule has 2 unspecified atom stereocenters. The van der Waals surface area contributed by atoms with E-state index in [2.05, 4.69) is 31.9 Å². The SMILES string of the molecule is CC1C(Br)=C([N+](=O)[O-])C(SC(F)(F)C(F)(F)C(F)(F)F)=CC1Br. The first-order valence-corrected chi connectivity index (χ1v) is 8.07. The Morgan fingerprint density at radius 2 is 1.70 bits per heavy atom. The smallest absolute Gasteiger partial charge is 0.258 e. The molecule has 13 heteroatoms. The first-order valence-electron chi connectivity index (χ1n) is 5.55. The molecular weight excluding hydrogens is 491 g/mol. The molecule has 0 fully saturated rings. The molecule has 0 bridgehead atoms. The molecule has 0 spiro atoms. The third kappa shape index (κ3) is 3.86. The van der Waals surface area contributed by atoms with Crippen molar-refractivity contribution >= 4 is 43.6 Å². The Kier molecular flexibility index (Phi) is 5.90. The molecule has 23 heavy (non-hydrogen) atoms. The lowest BCUT2D eigenvalue weighted by Crippen LogP contribution is -2.50. The fraction of sp³-hybridized carbons (Fsp3) is 0.600. The van der Waals surface area contributed by atoms with E-state index in [0.717, 1.165) is 6.08 Å². The van der Waals surface area contributed by atoms with Crippen LogP contribution >= 0.6 is 43.6 Å². The predicted molar refractivity (Wildman–Crippen MR) is 76.4 cm³/mol. The van der Waals surface area contributed by atoms with Crippen molar-refractivity contribution < 1.29 is 35.7 Å². The van der Waals surface area contributed by atoms with E-state index >= 15 is 0 Å². The van der Waals surface area contributed by atoms with Gasteiger partial charge in [-0.1, -0.05) is 22.9 Å². The van der Waals surface area contributed by atoms with Crippen LogP contribution < -0.4 is 0 Å². The van der Waals surface area contributed by atoms with Gasteiger partial charge in [0, 0.05) is 10.7 Å². The van der Waals surface area contributed by atoms with Crippen molar-refractivity contribution in [1.82, 2.24) is 0 Å². The molecule has 0 radical (unpaired) electrons. The predicted octanol–water partition coefficient (Wildman–Crippen LogP) is 5.69. The molecule has 2 atom stereocenters. The summed E-state index contributed by atoms with van der Waals surface area (Å²) in [5.41, 5.74) is -0.976. The minimum Gasteiger partial charge on any atom is -0.258 e. The molecule has 3 nitrogen and oxygen atoms in total. The molecule has 0 saturated heterocycles. The van der Waals surface area contributed by atoms with E-state index in [1.807, 2.05) is 0 Å². The van der Waals surface area contributed by atoms with Crippen LogP contribution in [0.1, 0.15) is 6.92 Å². The summed E-state index contributed by atoms with van der Waals surface area (Å²) in [6, 6.07) is 0. The molecule has 1 rings (SSSR count). The van der Waals surface area contributed by atoms with E-state index in [0.29, 0.717) is 0 Å². The molecule has 0 heterocycles. The van der Waals surface area contributed by atoms with Crippen molar-refractivity contribution in [3.05, 3.63) is 31.3 Å². The van der Waals surface area contributed by atoms with Crippen LogP contribution in [0.5, 0.6) is 0 Å². The first kappa shape index (κ1) is 20.7. The maximum Gasteiger partial charge on any atom is 0.460 e. The van der Waals surface area contributed by atoms with E-state index in [1.165, 1.54) is 6.92 Å². The standard InChI is InChI=1S/C10H6Br2F7NO2S/c1-3-4(11)2-5(7(6(3)12)20(21)22)23-10(18,19)8(13,14)9(15,16)17/h2-4H,1H3. The van der Waals surface area contributed by atoms with E-state index in [4.69, 9.17) is 0 Å². The van der Waals surface area contributed by atoms with Gasteiger partial charge in [0.25, 0.3) is 5.70 Å². The fourth-order valence-corrected chi connectivity index (χ4v) is 4.32. The van der Waals surface area contributed by atoms with Gasteiger partial charge in [-0.25, -0.2) is 0 Å². The van der Waals surface area contributed by atoms with Gasteiger partial charge in [-0.15, -0.1) is 0 Å². The molecule has 0 aromatic carbocycles. The van der Waals surface area contributed by atoms with Crippen LogP contribution in [0.3, 0.4) is 0 Å². The minimum atomic E-state index is -6.50. The summed E-state index contributed by atoms with van der Waals surface area (Å²) in [4.78, 5) is 8.07. The van der Waals surface area contributed by atoms with Crippen LogP contribution in [-0.4, -0.2) is 27.1 Å². The molecule has 0 amide bonds. The van der Waals surface area contributed by atoms with E-state index in [1.54, 1.807) is 0 Å². The number of hydrogen-bond donors (Lipinski definition) is 0. The molecule has 0 saturated carbocycles. The minimum absolute atomic E-state index is 0.194. The molecule has 1 aliphatic rings. The average Bonchev–Trinajstić information content (AvgIpc) is 2.33. The number of allylic oxidation sites excluding steroid dienone is 2. The number of rotatable bonds is 4. The van der Waals surface area contributed by atoms with E-state index < -0.39 is 55.4 Å². The largest absolute Gasteiger partial charge is 0.460 e. The maximum absolute atomic E-state index is 13.4. The molecule has 0 aromatic rings. The molecule has 132 valence electrons. The zero-order valence-electron chi connectivity index (χ0n) is 10.8. The molecule has 0 aromatic heterocycles. The summed E-state index contributed by atoms with van der Waals surface area (Å²) in [6.07, 6.45) is -5.70. The van der Waals surface area contributed by atoms with Crippen molar-refractivity contribution in [3.8, 4) is 0 Å². The summed E-state index contributed by atoms with van der Waals surface area (Å²) < 4.78 is 88.9. The Labute approximate surface area is 145 Å². The molecular formula is C10H6Br2F7NO2S. The summed E-state index contributed by atoms with van der Waals surface area (Å²) in [5.74, 6) is -6.96. The third-order valence-corrected chi connectivity index (χ3v) is 6.01. The highest BCUT2D eigenvalue weighted by atomic mass is 79.9. The Hall–Kier alpha value is -0.300. The van der Waals surface area contributed by atoms with Gasteiger partial charge in [0.1, 0.15) is 0 Å². The van der Waals surface area contributed by atoms with Gasteiger partial charge < -0.3 is 0 Å². The van der Waals surface area contributed by atoms with Gasteiger partial charge in [-0.2, -0.15) is 30.7 Å². The highest BCUT2D eigenvalue weighted by molar-refractivity contribution is 9.12.